The number of rotatable bonds is 4. The molecule has 0 radical (unpaired) electrons. The van der Waals surface area contributed by atoms with Crippen LogP contribution in [0, 0.1) is 0 Å². The molecule has 2 aromatic heterocycles. The molecule has 0 aliphatic heterocycles. The summed E-state index contributed by atoms with van der Waals surface area (Å²) in [5, 5.41) is 10.9. The van der Waals surface area contributed by atoms with E-state index in [1.165, 1.54) is 10.6 Å². The highest BCUT2D eigenvalue weighted by molar-refractivity contribution is 7.90. The van der Waals surface area contributed by atoms with Crippen molar-refractivity contribution in [3.05, 3.63) is 52.6 Å². The number of sulfone groups is 1. The predicted octanol–water partition coefficient (Wildman–Crippen LogP) is 4.47. The van der Waals surface area contributed by atoms with Gasteiger partial charge >= 0.3 is 0 Å². The summed E-state index contributed by atoms with van der Waals surface area (Å²) < 4.78 is 25.2. The second-order valence-electron chi connectivity index (χ2n) is 5.75. The molecule has 0 spiro atoms. The van der Waals surface area contributed by atoms with Gasteiger partial charge in [0.25, 0.3) is 5.56 Å². The van der Waals surface area contributed by atoms with E-state index in [1.54, 1.807) is 44.6 Å². The van der Waals surface area contributed by atoms with Crippen LogP contribution < -0.4 is 5.56 Å². The average Bonchev–Trinajstić information content (AvgIpc) is 3.19. The van der Waals surface area contributed by atoms with E-state index in [0.29, 0.717) is 27.6 Å². The fourth-order valence-corrected chi connectivity index (χ4v) is 3.62. The van der Waals surface area contributed by atoms with Crippen molar-refractivity contribution in [2.24, 2.45) is 7.05 Å². The molecule has 0 fully saturated rings. The molecule has 1 aromatic carbocycles. The number of aryl methyl sites for hydroxylation is 1. The van der Waals surface area contributed by atoms with Crippen LogP contribution in [-0.2, 0) is 22.6 Å². The van der Waals surface area contributed by atoms with Gasteiger partial charge in [-0.25, -0.2) is 8.42 Å². The van der Waals surface area contributed by atoms with Crippen molar-refractivity contribution in [2.75, 3.05) is 5.75 Å². The number of aromatic amines is 1. The number of pyridine rings is 1. The maximum atomic E-state index is 12.1. The van der Waals surface area contributed by atoms with Gasteiger partial charge in [-0.3, -0.25) is 4.79 Å². The van der Waals surface area contributed by atoms with Crippen LogP contribution in [0.4, 0.5) is 0 Å². The van der Waals surface area contributed by atoms with Crippen molar-refractivity contribution in [3.63, 3.8) is 0 Å². The minimum Gasteiger partial charge on any atom is -0.507 e. The number of fused-ring (bicyclic) bond motifs is 1. The fraction of sp³-hybridized carbons (Fsp3) is 0.381. The average molecular weight is 409 g/mol. The lowest BCUT2D eigenvalue weighted by Crippen LogP contribution is -2.16. The monoisotopic (exact) mass is 408 g/mol. The molecule has 3 aromatic rings. The number of benzene rings is 1. The fourth-order valence-electron chi connectivity index (χ4n) is 2.73. The third kappa shape index (κ3) is 5.04. The third-order valence-corrected chi connectivity index (χ3v) is 5.72. The van der Waals surface area contributed by atoms with Crippen molar-refractivity contribution in [2.45, 2.75) is 40.4 Å². The van der Waals surface area contributed by atoms with E-state index in [0.717, 1.165) is 0 Å². The van der Waals surface area contributed by atoms with E-state index in [1.807, 2.05) is 27.7 Å². The van der Waals surface area contributed by atoms with Crippen molar-refractivity contribution in [3.8, 4) is 16.9 Å². The van der Waals surface area contributed by atoms with Crippen molar-refractivity contribution in [1.82, 2.24) is 9.55 Å². The Balaban J connectivity index is 0.00000148. The van der Waals surface area contributed by atoms with E-state index in [-0.39, 0.29) is 24.2 Å². The molecule has 0 saturated carbocycles. The summed E-state index contributed by atoms with van der Waals surface area (Å²) in [6.07, 6.45) is 3.31. The first-order chi connectivity index (χ1) is 13.3. The predicted molar refractivity (Wildman–Crippen MR) is 119 cm³/mol. The molecule has 0 aliphatic rings. The second kappa shape index (κ2) is 10.1. The van der Waals surface area contributed by atoms with Crippen LogP contribution in [0.15, 0.2) is 41.5 Å². The van der Waals surface area contributed by atoms with E-state index in [2.05, 4.69) is 4.98 Å². The Morgan fingerprint density at radius 3 is 2.36 bits per heavy atom. The number of phenols is 1. The van der Waals surface area contributed by atoms with Gasteiger partial charge < -0.3 is 14.7 Å². The summed E-state index contributed by atoms with van der Waals surface area (Å²) in [5.41, 5.74) is 2.05. The first kappa shape index (κ1) is 23.5. The maximum Gasteiger partial charge on any atom is 0.274 e. The molecule has 7 heteroatoms. The van der Waals surface area contributed by atoms with Crippen molar-refractivity contribution >= 4 is 20.7 Å². The lowest BCUT2D eigenvalue weighted by atomic mass is 10.0. The van der Waals surface area contributed by atoms with Gasteiger partial charge in [-0.2, -0.15) is 0 Å². The van der Waals surface area contributed by atoms with Crippen LogP contribution in [0.1, 0.15) is 41.6 Å². The van der Waals surface area contributed by atoms with Gasteiger partial charge in [-0.15, -0.1) is 0 Å². The van der Waals surface area contributed by atoms with Gasteiger partial charge in [0.05, 0.1) is 5.75 Å². The maximum absolute atomic E-state index is 12.1. The zero-order valence-electron chi connectivity index (χ0n) is 17.4. The minimum atomic E-state index is -3.17. The SMILES string of the molecule is CC.CC.CCS(=O)(=O)Cc1ccc(O)c(-c2cn(C)c(=O)c3[nH]ccc23)c1.[HH]. The van der Waals surface area contributed by atoms with Crippen molar-refractivity contribution in [1.29, 1.82) is 0 Å². The summed E-state index contributed by atoms with van der Waals surface area (Å²) in [7, 11) is -1.54. The van der Waals surface area contributed by atoms with Crippen LogP contribution >= 0.6 is 0 Å². The van der Waals surface area contributed by atoms with Gasteiger partial charge in [-0.05, 0) is 23.8 Å². The smallest absolute Gasteiger partial charge is 0.274 e. The van der Waals surface area contributed by atoms with Crippen LogP contribution in [0.2, 0.25) is 0 Å². The molecule has 0 unspecified atom stereocenters. The summed E-state index contributed by atoms with van der Waals surface area (Å²) in [4.78, 5) is 15.1. The first-order valence-electron chi connectivity index (χ1n) is 9.52. The highest BCUT2D eigenvalue weighted by Crippen LogP contribution is 2.34. The van der Waals surface area contributed by atoms with Crippen molar-refractivity contribution < 1.29 is 15.0 Å². The molecule has 2 N–H and O–H groups in total. The number of hydrogen-bond donors (Lipinski definition) is 2. The molecule has 0 saturated heterocycles. The van der Waals surface area contributed by atoms with E-state index >= 15 is 0 Å². The second-order valence-corrected chi connectivity index (χ2v) is 8.11. The van der Waals surface area contributed by atoms with Crippen LogP contribution in [0.3, 0.4) is 0 Å². The summed E-state index contributed by atoms with van der Waals surface area (Å²) >= 11 is 0. The Morgan fingerprint density at radius 2 is 1.75 bits per heavy atom. The minimum absolute atomic E-state index is 0. The number of hydrogen-bond acceptors (Lipinski definition) is 4. The van der Waals surface area contributed by atoms with Crippen LogP contribution in [-0.4, -0.2) is 28.8 Å². The van der Waals surface area contributed by atoms with Gasteiger partial charge in [-0.1, -0.05) is 40.7 Å². The molecular formula is C21H32N2O4S. The molecule has 3 rings (SSSR count). The highest BCUT2D eigenvalue weighted by Gasteiger charge is 2.15. The Labute approximate surface area is 168 Å². The molecule has 156 valence electrons. The highest BCUT2D eigenvalue weighted by atomic mass is 32.2. The summed E-state index contributed by atoms with van der Waals surface area (Å²) in [6, 6.07) is 6.51. The van der Waals surface area contributed by atoms with Gasteiger partial charge in [0.1, 0.15) is 11.3 Å². The lowest BCUT2D eigenvalue weighted by molar-refractivity contribution is 0.477. The molecule has 28 heavy (non-hydrogen) atoms. The summed E-state index contributed by atoms with van der Waals surface area (Å²) in [5.74, 6) is 0.0120. The number of aromatic hydroxyl groups is 1. The van der Waals surface area contributed by atoms with E-state index in [4.69, 9.17) is 0 Å². The van der Waals surface area contributed by atoms with Crippen LogP contribution in [0.5, 0.6) is 5.75 Å². The Hall–Kier alpha value is -2.54. The van der Waals surface area contributed by atoms with Gasteiger partial charge in [0, 0.05) is 43.1 Å². The third-order valence-electron chi connectivity index (χ3n) is 4.07. The zero-order chi connectivity index (χ0) is 21.5. The number of H-pyrrole nitrogens is 1. The molecule has 0 bridgehead atoms. The van der Waals surface area contributed by atoms with Crippen LogP contribution in [0.25, 0.3) is 22.0 Å². The van der Waals surface area contributed by atoms with Gasteiger partial charge in [0.2, 0.25) is 0 Å². The molecule has 6 nitrogen and oxygen atoms in total. The topological polar surface area (TPSA) is 92.2 Å². The zero-order valence-corrected chi connectivity index (χ0v) is 18.2. The van der Waals surface area contributed by atoms with E-state index < -0.39 is 9.84 Å². The molecule has 0 amide bonds. The Kier molecular flexibility index (Phi) is 8.50. The lowest BCUT2D eigenvalue weighted by Gasteiger charge is -2.11. The van der Waals surface area contributed by atoms with E-state index in [9.17, 15) is 18.3 Å². The normalized spacial score (nSPS) is 10.6. The Bertz CT molecular complexity index is 1090. The molecular weight excluding hydrogens is 376 g/mol. The Morgan fingerprint density at radius 1 is 1.11 bits per heavy atom. The number of phenolic OH excluding ortho intramolecular Hbond substituents is 1. The largest absolute Gasteiger partial charge is 0.507 e. The number of nitrogens with zero attached hydrogens (tertiary/aromatic N) is 1. The molecule has 0 aliphatic carbocycles. The molecule has 0 atom stereocenters. The number of nitrogens with one attached hydrogen (secondary N) is 1. The molecule has 2 heterocycles. The quantitative estimate of drug-likeness (QED) is 0.666. The summed E-state index contributed by atoms with van der Waals surface area (Å²) in [6.45, 7) is 9.60. The van der Waals surface area contributed by atoms with Gasteiger partial charge in [0.15, 0.2) is 9.84 Å². The first-order valence-corrected chi connectivity index (χ1v) is 11.3. The standard InChI is InChI=1S/C17H18N2O4S.2C2H6.H2/c1-3-24(22,23)10-11-4-5-15(20)13(8-11)14-9-19(2)17(21)16-12(14)6-7-18-16;2*1-2;/h4-9,18,20H,3,10H2,1-2H3;2*1-2H3;1H. The number of aromatic nitrogens is 2.